The number of nitrogens with zero attached hydrogens (tertiary/aromatic N) is 4. The Morgan fingerprint density at radius 2 is 1.94 bits per heavy atom. The van der Waals surface area contributed by atoms with Crippen LogP contribution in [0.2, 0.25) is 0 Å². The zero-order valence-electron chi connectivity index (χ0n) is 17.8. The first-order valence-corrected chi connectivity index (χ1v) is 10.5. The Morgan fingerprint density at radius 1 is 1.16 bits per heavy atom. The highest BCUT2D eigenvalue weighted by Crippen LogP contribution is 2.44. The molecule has 0 unspecified atom stereocenters. The largest absolute Gasteiger partial charge is 0.504 e. The van der Waals surface area contributed by atoms with Crippen LogP contribution in [0, 0.1) is 0 Å². The van der Waals surface area contributed by atoms with Crippen LogP contribution < -0.4 is 14.8 Å². The third kappa shape index (κ3) is 3.35. The van der Waals surface area contributed by atoms with Gasteiger partial charge in [0.05, 0.1) is 13.7 Å². The number of ketones is 1. The van der Waals surface area contributed by atoms with Gasteiger partial charge in [-0.15, -0.1) is 0 Å². The maximum absolute atomic E-state index is 13.4. The number of carbonyl (C=O) groups excluding carboxylic acids is 1. The minimum Gasteiger partial charge on any atom is -0.504 e. The van der Waals surface area contributed by atoms with Gasteiger partial charge in [0.15, 0.2) is 17.3 Å². The van der Waals surface area contributed by atoms with E-state index in [-0.39, 0.29) is 17.5 Å². The van der Waals surface area contributed by atoms with Crippen molar-refractivity contribution in [3.8, 4) is 17.2 Å². The van der Waals surface area contributed by atoms with Gasteiger partial charge in [-0.05, 0) is 65.1 Å². The fourth-order valence-electron chi connectivity index (χ4n) is 4.47. The van der Waals surface area contributed by atoms with Crippen molar-refractivity contribution in [2.75, 3.05) is 19.0 Å². The number of fused-ring (bicyclic) bond motifs is 1. The molecule has 9 nitrogen and oxygen atoms in total. The zero-order chi connectivity index (χ0) is 22.2. The van der Waals surface area contributed by atoms with E-state index < -0.39 is 6.04 Å². The van der Waals surface area contributed by atoms with E-state index in [1.165, 1.54) is 0 Å². The Labute approximate surface area is 184 Å². The van der Waals surface area contributed by atoms with Crippen LogP contribution in [-0.2, 0) is 4.79 Å². The first-order valence-electron chi connectivity index (χ1n) is 10.5. The second-order valence-corrected chi connectivity index (χ2v) is 7.83. The van der Waals surface area contributed by atoms with E-state index >= 15 is 0 Å². The van der Waals surface area contributed by atoms with Gasteiger partial charge in [-0.3, -0.25) is 4.79 Å². The molecule has 3 aromatic rings. The number of hydrogen-bond acceptors (Lipinski definition) is 8. The molecule has 0 spiro atoms. The van der Waals surface area contributed by atoms with Crippen LogP contribution in [0.3, 0.4) is 0 Å². The van der Waals surface area contributed by atoms with Crippen LogP contribution in [0.25, 0.3) is 0 Å². The molecule has 2 atom stereocenters. The van der Waals surface area contributed by atoms with Gasteiger partial charge in [0.1, 0.15) is 11.8 Å². The normalized spacial score (nSPS) is 19.8. The number of nitrogens with one attached hydrogen (secondary N) is 1. The first-order chi connectivity index (χ1) is 15.6. The maximum Gasteiger partial charge on any atom is 0.248 e. The molecule has 0 saturated heterocycles. The Balaban J connectivity index is 1.56. The Kier molecular flexibility index (Phi) is 5.01. The summed E-state index contributed by atoms with van der Waals surface area (Å²) in [6.45, 7) is 2.26. The number of hydrogen-bond donors (Lipinski definition) is 2. The van der Waals surface area contributed by atoms with E-state index in [0.29, 0.717) is 36.7 Å². The molecule has 2 aliphatic rings. The molecule has 5 rings (SSSR count). The molecule has 1 aliphatic heterocycles. The van der Waals surface area contributed by atoms with Crippen molar-refractivity contribution in [1.82, 2.24) is 20.2 Å². The van der Waals surface area contributed by atoms with Crippen LogP contribution in [-0.4, -0.2) is 44.8 Å². The van der Waals surface area contributed by atoms with Crippen LogP contribution in [0.15, 0.2) is 53.7 Å². The highest BCUT2D eigenvalue weighted by molar-refractivity contribution is 6.00. The van der Waals surface area contributed by atoms with Crippen molar-refractivity contribution in [2.45, 2.75) is 31.7 Å². The second-order valence-electron chi connectivity index (χ2n) is 7.83. The third-order valence-electron chi connectivity index (χ3n) is 5.97. The number of methoxy groups -OCH3 is 1. The lowest BCUT2D eigenvalue weighted by molar-refractivity contribution is -0.116. The number of anilines is 1. The molecule has 2 aromatic carbocycles. The zero-order valence-corrected chi connectivity index (χ0v) is 17.8. The lowest BCUT2D eigenvalue weighted by Gasteiger charge is -2.34. The number of rotatable bonds is 5. The van der Waals surface area contributed by atoms with Crippen LogP contribution >= 0.6 is 0 Å². The lowest BCUT2D eigenvalue weighted by atomic mass is 9.78. The molecule has 0 fully saturated rings. The summed E-state index contributed by atoms with van der Waals surface area (Å²) < 4.78 is 12.4. The number of aromatic nitrogens is 4. The second kappa shape index (κ2) is 7.99. The number of carbonyl (C=O) groups is 1. The van der Waals surface area contributed by atoms with E-state index in [1.807, 2.05) is 31.2 Å². The van der Waals surface area contributed by atoms with Crippen LogP contribution in [0.4, 0.5) is 5.95 Å². The molecule has 0 bridgehead atoms. The number of phenolic OH excluding ortho intramolecular Hbond substituents is 1. The number of ether oxygens (including phenoxy) is 2. The van der Waals surface area contributed by atoms with Gasteiger partial charge in [-0.2, -0.15) is 4.68 Å². The van der Waals surface area contributed by atoms with Crippen molar-refractivity contribution in [2.24, 2.45) is 0 Å². The molecule has 0 saturated carbocycles. The summed E-state index contributed by atoms with van der Waals surface area (Å²) >= 11 is 0. The molecule has 0 radical (unpaired) electrons. The van der Waals surface area contributed by atoms with Gasteiger partial charge >= 0.3 is 0 Å². The van der Waals surface area contributed by atoms with E-state index in [9.17, 15) is 9.90 Å². The number of allylic oxidation sites excluding steroid dienone is 2. The van der Waals surface area contributed by atoms with Gasteiger partial charge in [-0.25, -0.2) is 0 Å². The monoisotopic (exact) mass is 433 g/mol. The van der Waals surface area contributed by atoms with Crippen molar-refractivity contribution in [1.29, 1.82) is 0 Å². The molecule has 2 N–H and O–H groups in total. The lowest BCUT2D eigenvalue weighted by Crippen LogP contribution is -2.33. The predicted molar refractivity (Wildman–Crippen MR) is 116 cm³/mol. The van der Waals surface area contributed by atoms with Gasteiger partial charge < -0.3 is 19.9 Å². The fraction of sp³-hybridized carbons (Fsp3) is 0.304. The van der Waals surface area contributed by atoms with Crippen molar-refractivity contribution in [3.63, 3.8) is 0 Å². The van der Waals surface area contributed by atoms with Crippen molar-refractivity contribution in [3.05, 3.63) is 64.9 Å². The highest BCUT2D eigenvalue weighted by atomic mass is 16.5. The summed E-state index contributed by atoms with van der Waals surface area (Å²) in [5.74, 6) is 1.74. The first kappa shape index (κ1) is 20.0. The quantitative estimate of drug-likeness (QED) is 0.631. The summed E-state index contributed by atoms with van der Waals surface area (Å²) in [5, 5.41) is 25.4. The minimum atomic E-state index is -0.500. The van der Waals surface area contributed by atoms with Gasteiger partial charge in [0, 0.05) is 17.7 Å². The molecule has 164 valence electrons. The molecular formula is C23H23N5O4. The molecule has 0 amide bonds. The SMILES string of the molecule is CCOc1cc([C@H]2C3=C(C[C@H](c4ccc(OC)cc4)CC3=O)Nc3nnnn32)ccc1O. The standard InChI is InChI=1S/C23H23N5O4/c1-3-32-20-12-14(6-9-18(20)29)22-21-17(24-23-25-26-27-28(22)23)10-15(11-19(21)30)13-4-7-16(31-2)8-5-13/h4-9,12,15,22,29H,3,10-11H2,1-2H3,(H,24,25,27)/t15-,22-/m0/s1. The van der Waals surface area contributed by atoms with E-state index in [2.05, 4.69) is 20.8 Å². The van der Waals surface area contributed by atoms with E-state index in [1.54, 1.807) is 30.0 Å². The minimum absolute atomic E-state index is 0.0387. The number of benzene rings is 2. The van der Waals surface area contributed by atoms with Crippen molar-refractivity contribution < 1.29 is 19.4 Å². The van der Waals surface area contributed by atoms with E-state index in [4.69, 9.17) is 9.47 Å². The highest BCUT2D eigenvalue weighted by Gasteiger charge is 2.39. The average Bonchev–Trinajstić information content (AvgIpc) is 3.27. The van der Waals surface area contributed by atoms with Crippen LogP contribution in [0.1, 0.15) is 42.9 Å². The van der Waals surface area contributed by atoms with Gasteiger partial charge in [0.25, 0.3) is 0 Å². The Bertz CT molecular complexity index is 1200. The van der Waals surface area contributed by atoms with Gasteiger partial charge in [0.2, 0.25) is 5.95 Å². The summed E-state index contributed by atoms with van der Waals surface area (Å²) in [7, 11) is 1.63. The number of phenols is 1. The molecule has 2 heterocycles. The van der Waals surface area contributed by atoms with E-state index in [0.717, 1.165) is 22.6 Å². The molecule has 9 heteroatoms. The number of tetrazole rings is 1. The summed E-state index contributed by atoms with van der Waals surface area (Å²) in [6, 6.07) is 12.4. The number of Topliss-reactive ketones (excluding diaryl/α,β-unsaturated/α-hetero) is 1. The molecule has 1 aliphatic carbocycles. The predicted octanol–water partition coefficient (Wildman–Crippen LogP) is 3.20. The summed E-state index contributed by atoms with van der Waals surface area (Å²) in [4.78, 5) is 13.4. The van der Waals surface area contributed by atoms with Crippen molar-refractivity contribution >= 4 is 11.7 Å². The van der Waals surface area contributed by atoms with Gasteiger partial charge in [-0.1, -0.05) is 23.3 Å². The summed E-state index contributed by atoms with van der Waals surface area (Å²) in [6.07, 6.45) is 1.05. The topological polar surface area (TPSA) is 111 Å². The Morgan fingerprint density at radius 3 is 2.69 bits per heavy atom. The number of aromatic hydroxyl groups is 1. The van der Waals surface area contributed by atoms with Crippen LogP contribution in [0.5, 0.6) is 17.2 Å². The molecule has 1 aromatic heterocycles. The molecular weight excluding hydrogens is 410 g/mol. The average molecular weight is 433 g/mol. The molecule has 32 heavy (non-hydrogen) atoms. The Hall–Kier alpha value is -3.88. The summed E-state index contributed by atoms with van der Waals surface area (Å²) in [5.41, 5.74) is 3.31. The maximum atomic E-state index is 13.4. The third-order valence-corrected chi connectivity index (χ3v) is 5.97. The smallest absolute Gasteiger partial charge is 0.248 e. The fourth-order valence-corrected chi connectivity index (χ4v) is 4.47.